The maximum atomic E-state index is 13.5. The Morgan fingerprint density at radius 1 is 0.975 bits per heavy atom. The van der Waals surface area contributed by atoms with Crippen LogP contribution < -0.4 is 10.2 Å². The zero-order chi connectivity index (χ0) is 27.6. The molecule has 1 atom stereocenters. The number of hydrogen-bond donors (Lipinski definition) is 1. The molecule has 6 rings (SSSR count). The summed E-state index contributed by atoms with van der Waals surface area (Å²) in [7, 11) is 0. The molecule has 0 radical (unpaired) electrons. The largest absolute Gasteiger partial charge is 0.371 e. The number of rotatable bonds is 7. The number of hydrogen-bond acceptors (Lipinski definition) is 7. The SMILES string of the molecule is CC(c1nccs1)N1C(=O)c2cccc(N3CCC(C(=O)NC4CCN(Cc5ccccc5)CC4)CC3)c2C1=O. The topological polar surface area (TPSA) is 85.8 Å². The highest BCUT2D eigenvalue weighted by atomic mass is 32.1. The van der Waals surface area contributed by atoms with E-state index in [0.29, 0.717) is 24.2 Å². The van der Waals surface area contributed by atoms with E-state index in [-0.39, 0.29) is 29.7 Å². The highest BCUT2D eigenvalue weighted by Crippen LogP contribution is 2.38. The first kappa shape index (κ1) is 26.7. The van der Waals surface area contributed by atoms with Gasteiger partial charge in [-0.2, -0.15) is 0 Å². The number of amides is 3. The van der Waals surface area contributed by atoms with Crippen molar-refractivity contribution in [3.05, 3.63) is 81.8 Å². The van der Waals surface area contributed by atoms with Crippen LogP contribution in [0.3, 0.4) is 0 Å². The van der Waals surface area contributed by atoms with Gasteiger partial charge >= 0.3 is 0 Å². The fourth-order valence-electron chi connectivity index (χ4n) is 6.23. The van der Waals surface area contributed by atoms with Gasteiger partial charge in [0.25, 0.3) is 11.8 Å². The molecule has 208 valence electrons. The molecule has 0 bridgehead atoms. The fraction of sp³-hybridized carbons (Fsp3) is 0.419. The van der Waals surface area contributed by atoms with Crippen LogP contribution >= 0.6 is 11.3 Å². The van der Waals surface area contributed by atoms with Crippen LogP contribution in [0.2, 0.25) is 0 Å². The van der Waals surface area contributed by atoms with Gasteiger partial charge in [-0.15, -0.1) is 11.3 Å². The average molecular weight is 558 g/mol. The molecule has 3 amide bonds. The van der Waals surface area contributed by atoms with Crippen LogP contribution in [-0.4, -0.2) is 64.7 Å². The number of anilines is 1. The molecule has 8 nitrogen and oxygen atoms in total. The van der Waals surface area contributed by atoms with Gasteiger partial charge in [-0.05, 0) is 50.3 Å². The van der Waals surface area contributed by atoms with E-state index >= 15 is 0 Å². The first-order chi connectivity index (χ1) is 19.5. The number of piperidine rings is 2. The summed E-state index contributed by atoms with van der Waals surface area (Å²) < 4.78 is 0. The second-order valence-electron chi connectivity index (χ2n) is 11.0. The normalized spacial score (nSPS) is 19.6. The Kier molecular flexibility index (Phi) is 7.67. The summed E-state index contributed by atoms with van der Waals surface area (Å²) in [6, 6.07) is 15.8. The van der Waals surface area contributed by atoms with Crippen molar-refractivity contribution in [2.75, 3.05) is 31.1 Å². The lowest BCUT2D eigenvalue weighted by molar-refractivity contribution is -0.126. The van der Waals surface area contributed by atoms with Crippen molar-refractivity contribution in [2.24, 2.45) is 5.92 Å². The molecule has 2 saturated heterocycles. The Hall–Kier alpha value is -3.56. The van der Waals surface area contributed by atoms with Crippen LogP contribution in [0.15, 0.2) is 60.1 Å². The maximum absolute atomic E-state index is 13.5. The third-order valence-corrected chi connectivity index (χ3v) is 9.46. The van der Waals surface area contributed by atoms with Crippen molar-refractivity contribution in [1.29, 1.82) is 0 Å². The molecule has 2 fully saturated rings. The van der Waals surface area contributed by atoms with Crippen molar-refractivity contribution >= 4 is 34.7 Å². The van der Waals surface area contributed by atoms with E-state index in [9.17, 15) is 14.4 Å². The molecule has 1 N–H and O–H groups in total. The molecule has 9 heteroatoms. The number of carbonyl (C=O) groups is 3. The molecule has 3 aliphatic heterocycles. The Labute approximate surface area is 239 Å². The lowest BCUT2D eigenvalue weighted by Gasteiger charge is -2.36. The Morgan fingerprint density at radius 2 is 1.73 bits per heavy atom. The first-order valence-electron chi connectivity index (χ1n) is 14.2. The highest BCUT2D eigenvalue weighted by Gasteiger charge is 2.42. The van der Waals surface area contributed by atoms with Gasteiger partial charge in [0.05, 0.1) is 22.9 Å². The number of imide groups is 1. The molecule has 0 saturated carbocycles. The van der Waals surface area contributed by atoms with Crippen LogP contribution in [-0.2, 0) is 11.3 Å². The van der Waals surface area contributed by atoms with E-state index in [1.165, 1.54) is 21.8 Å². The number of benzene rings is 2. The van der Waals surface area contributed by atoms with Gasteiger partial charge in [0.2, 0.25) is 5.91 Å². The van der Waals surface area contributed by atoms with Crippen LogP contribution in [0.1, 0.15) is 69.9 Å². The number of carbonyl (C=O) groups excluding carboxylic acids is 3. The molecule has 1 aromatic heterocycles. The molecular formula is C31H35N5O3S. The molecular weight excluding hydrogens is 522 g/mol. The van der Waals surface area contributed by atoms with Gasteiger partial charge in [-0.3, -0.25) is 24.2 Å². The molecule has 40 heavy (non-hydrogen) atoms. The second kappa shape index (κ2) is 11.5. The lowest BCUT2D eigenvalue weighted by Crippen LogP contribution is -2.48. The number of aromatic nitrogens is 1. The van der Waals surface area contributed by atoms with E-state index in [1.807, 2.05) is 30.5 Å². The standard InChI is InChI=1S/C31H35N5O3S/c1-21(29-32-14-19-40-29)36-30(38)25-8-5-9-26(27(25)31(36)39)35-17-10-23(11-18-35)28(37)33-24-12-15-34(16-13-24)20-22-6-3-2-4-7-22/h2-9,14,19,21,23-24H,10-13,15-18,20H2,1H3,(H,33,37). The lowest BCUT2D eigenvalue weighted by atomic mass is 9.93. The van der Waals surface area contributed by atoms with E-state index in [0.717, 1.165) is 56.0 Å². The maximum Gasteiger partial charge on any atom is 0.264 e. The van der Waals surface area contributed by atoms with Gasteiger partial charge in [0.1, 0.15) is 5.01 Å². The summed E-state index contributed by atoms with van der Waals surface area (Å²) in [6.07, 6.45) is 5.09. The summed E-state index contributed by atoms with van der Waals surface area (Å²) in [5, 5.41) is 5.91. The smallest absolute Gasteiger partial charge is 0.264 e. The third kappa shape index (κ3) is 5.28. The molecule has 3 aromatic rings. The predicted molar refractivity (Wildman–Crippen MR) is 155 cm³/mol. The van der Waals surface area contributed by atoms with Crippen LogP contribution in [0.4, 0.5) is 5.69 Å². The van der Waals surface area contributed by atoms with Crippen LogP contribution in [0.5, 0.6) is 0 Å². The summed E-state index contributed by atoms with van der Waals surface area (Å²) in [4.78, 5) is 50.1. The summed E-state index contributed by atoms with van der Waals surface area (Å²) in [5.74, 6) is -0.423. The third-order valence-electron chi connectivity index (χ3n) is 8.51. The first-order valence-corrected chi connectivity index (χ1v) is 15.1. The number of nitrogens with zero attached hydrogens (tertiary/aromatic N) is 4. The van der Waals surface area contributed by atoms with E-state index in [2.05, 4.69) is 44.4 Å². The molecule has 0 aliphatic carbocycles. The van der Waals surface area contributed by atoms with Crippen molar-refractivity contribution in [3.8, 4) is 0 Å². The van der Waals surface area contributed by atoms with E-state index in [1.54, 1.807) is 12.3 Å². The average Bonchev–Trinajstić information content (AvgIpc) is 3.61. The summed E-state index contributed by atoms with van der Waals surface area (Å²) in [5.41, 5.74) is 3.04. The Balaban J connectivity index is 1.03. The van der Waals surface area contributed by atoms with E-state index < -0.39 is 6.04 Å². The number of thiazole rings is 1. The second-order valence-corrected chi connectivity index (χ2v) is 12.0. The van der Waals surface area contributed by atoms with Crippen molar-refractivity contribution in [1.82, 2.24) is 20.1 Å². The molecule has 2 aromatic carbocycles. The Bertz CT molecular complexity index is 1360. The highest BCUT2D eigenvalue weighted by molar-refractivity contribution is 7.09. The van der Waals surface area contributed by atoms with Crippen LogP contribution in [0, 0.1) is 5.92 Å². The van der Waals surface area contributed by atoms with Gasteiger partial charge in [0, 0.05) is 56.3 Å². The summed E-state index contributed by atoms with van der Waals surface area (Å²) >= 11 is 1.44. The molecule has 3 aliphatic rings. The van der Waals surface area contributed by atoms with Gasteiger partial charge in [-0.1, -0.05) is 36.4 Å². The quantitative estimate of drug-likeness (QED) is 0.431. The fourth-order valence-corrected chi connectivity index (χ4v) is 6.92. The van der Waals surface area contributed by atoms with Crippen molar-refractivity contribution in [3.63, 3.8) is 0 Å². The van der Waals surface area contributed by atoms with Crippen molar-refractivity contribution < 1.29 is 14.4 Å². The zero-order valence-corrected chi connectivity index (χ0v) is 23.6. The van der Waals surface area contributed by atoms with Gasteiger partial charge in [-0.25, -0.2) is 4.98 Å². The predicted octanol–water partition coefficient (Wildman–Crippen LogP) is 4.50. The molecule has 0 spiro atoms. The minimum atomic E-state index is -0.417. The van der Waals surface area contributed by atoms with Gasteiger partial charge in [0.15, 0.2) is 0 Å². The number of likely N-dealkylation sites (tertiary alicyclic amines) is 1. The minimum absolute atomic E-state index is 0.0332. The van der Waals surface area contributed by atoms with E-state index in [4.69, 9.17) is 0 Å². The molecule has 1 unspecified atom stereocenters. The minimum Gasteiger partial charge on any atom is -0.371 e. The number of fused-ring (bicyclic) bond motifs is 1. The van der Waals surface area contributed by atoms with Gasteiger partial charge < -0.3 is 10.2 Å². The zero-order valence-electron chi connectivity index (χ0n) is 22.8. The molecule has 4 heterocycles. The Morgan fingerprint density at radius 3 is 2.42 bits per heavy atom. The van der Waals surface area contributed by atoms with Crippen LogP contribution in [0.25, 0.3) is 0 Å². The number of nitrogens with one attached hydrogen (secondary N) is 1. The summed E-state index contributed by atoms with van der Waals surface area (Å²) in [6.45, 7) is 6.13. The monoisotopic (exact) mass is 557 g/mol. The van der Waals surface area contributed by atoms with Crippen molar-refractivity contribution in [2.45, 2.75) is 51.2 Å².